The fraction of sp³-hybridized carbons (Fsp3) is 0.214. The number of halogens is 2. The van der Waals surface area contributed by atoms with Crippen LogP contribution in [0.3, 0.4) is 0 Å². The Balaban J connectivity index is 1.50. The minimum Gasteiger partial charge on any atom is -0.401 e. The summed E-state index contributed by atoms with van der Waals surface area (Å²) in [6, 6.07) is 13.5. The lowest BCUT2D eigenvalue weighted by Crippen LogP contribution is -2.58. The van der Waals surface area contributed by atoms with E-state index in [2.05, 4.69) is 10.3 Å². The summed E-state index contributed by atoms with van der Waals surface area (Å²) in [6.45, 7) is 2.58. The van der Waals surface area contributed by atoms with Crippen LogP contribution >= 0.6 is 23.2 Å². The van der Waals surface area contributed by atoms with E-state index in [1.165, 1.54) is 40.3 Å². The van der Waals surface area contributed by atoms with Crippen molar-refractivity contribution < 1.29 is 28.9 Å². The van der Waals surface area contributed by atoms with Crippen LogP contribution < -0.4 is 10.2 Å². The number of rotatable bonds is 10. The number of carbonyl (C=O) groups excluding carboxylic acids is 3. The van der Waals surface area contributed by atoms with Crippen LogP contribution in [0.4, 0.5) is 26.8 Å². The first-order chi connectivity index (χ1) is 20.4. The molecule has 43 heavy (non-hydrogen) atoms. The van der Waals surface area contributed by atoms with Crippen molar-refractivity contribution in [2.24, 2.45) is 4.99 Å². The number of furan rings is 1. The number of carbonyl (C=O) groups is 3. The highest BCUT2D eigenvalue weighted by Gasteiger charge is 2.56. The molecule has 0 saturated carbocycles. The third-order valence-electron chi connectivity index (χ3n) is 6.50. The highest BCUT2D eigenvalue weighted by Crippen LogP contribution is 2.38. The minimum atomic E-state index is -1.27. The average Bonchev–Trinajstić information content (AvgIpc) is 3.51. The summed E-state index contributed by atoms with van der Waals surface area (Å²) in [7, 11) is 0. The van der Waals surface area contributed by atoms with Crippen molar-refractivity contribution in [3.8, 4) is 0 Å². The molecule has 1 atom stereocenters. The lowest BCUT2D eigenvalue weighted by Gasteiger charge is -2.38. The second-order valence-corrected chi connectivity index (χ2v) is 10.7. The van der Waals surface area contributed by atoms with Crippen molar-refractivity contribution in [3.63, 3.8) is 0 Å². The number of urea groups is 2. The first kappa shape index (κ1) is 31.2. The Morgan fingerprint density at radius 3 is 2.35 bits per heavy atom. The number of benzene rings is 2. The van der Waals surface area contributed by atoms with Gasteiger partial charge in [-0.1, -0.05) is 23.2 Å². The Labute approximate surface area is 255 Å². The number of hydroxylamine groups is 2. The van der Waals surface area contributed by atoms with Crippen LogP contribution in [0.5, 0.6) is 0 Å². The summed E-state index contributed by atoms with van der Waals surface area (Å²) in [4.78, 5) is 56.3. The number of allylic oxidation sites excluding steroid dienone is 1. The van der Waals surface area contributed by atoms with Gasteiger partial charge in [-0.15, -0.1) is 0 Å². The molecule has 1 aliphatic rings. The number of hydrogen-bond donors (Lipinski definition) is 2. The Morgan fingerprint density at radius 2 is 1.74 bits per heavy atom. The molecule has 0 bridgehead atoms. The van der Waals surface area contributed by atoms with Crippen molar-refractivity contribution >= 4 is 70.6 Å². The number of nitrogens with zero attached hydrogens (tertiary/aromatic N) is 5. The van der Waals surface area contributed by atoms with Crippen LogP contribution in [-0.2, 0) is 4.79 Å². The van der Waals surface area contributed by atoms with E-state index in [1.54, 1.807) is 62.4 Å². The monoisotopic (exact) mass is 628 g/mol. The van der Waals surface area contributed by atoms with Gasteiger partial charge in [-0.05, 0) is 80.6 Å². The van der Waals surface area contributed by atoms with Gasteiger partial charge in [0.15, 0.2) is 11.9 Å². The largest absolute Gasteiger partial charge is 0.433 e. The first-order valence-corrected chi connectivity index (χ1v) is 13.5. The smallest absolute Gasteiger partial charge is 0.401 e. The third-order valence-corrected chi connectivity index (χ3v) is 7.00. The van der Waals surface area contributed by atoms with Gasteiger partial charge in [-0.25, -0.2) is 9.59 Å². The number of anilines is 2. The van der Waals surface area contributed by atoms with E-state index in [4.69, 9.17) is 27.6 Å². The summed E-state index contributed by atoms with van der Waals surface area (Å²) in [5.41, 5.74) is -0.573. The fourth-order valence-corrected chi connectivity index (χ4v) is 4.66. The molecule has 3 aromatic rings. The first-order valence-electron chi connectivity index (χ1n) is 12.7. The molecule has 1 fully saturated rings. The number of ketones is 1. The van der Waals surface area contributed by atoms with Gasteiger partial charge in [-0.3, -0.25) is 30.0 Å². The zero-order valence-corrected chi connectivity index (χ0v) is 24.4. The second-order valence-electron chi connectivity index (χ2n) is 9.84. The normalized spacial score (nSPS) is 16.3. The maximum absolute atomic E-state index is 13.7. The Kier molecular flexibility index (Phi) is 9.49. The molecule has 2 aromatic carbocycles. The Hall–Kier alpha value is -4.72. The zero-order chi connectivity index (χ0) is 31.3. The van der Waals surface area contributed by atoms with Crippen LogP contribution in [0.2, 0.25) is 10.0 Å². The molecule has 0 aliphatic carbocycles. The van der Waals surface area contributed by atoms with E-state index in [1.807, 2.05) is 0 Å². The van der Waals surface area contributed by atoms with Gasteiger partial charge in [0.2, 0.25) is 0 Å². The van der Waals surface area contributed by atoms with E-state index in [0.717, 1.165) is 0 Å². The number of aliphatic imine (C=N–C) groups is 1. The van der Waals surface area contributed by atoms with E-state index < -0.39 is 40.4 Å². The fourth-order valence-electron chi connectivity index (χ4n) is 4.40. The van der Waals surface area contributed by atoms with Crippen LogP contribution in [0.1, 0.15) is 19.6 Å². The molecule has 1 aliphatic heterocycles. The van der Waals surface area contributed by atoms with Crippen molar-refractivity contribution in [3.05, 3.63) is 92.7 Å². The molecule has 4 amide bonds. The predicted octanol–water partition coefficient (Wildman–Crippen LogP) is 6.12. The minimum absolute atomic E-state index is 0.232. The molecule has 224 valence electrons. The number of amides is 4. The van der Waals surface area contributed by atoms with Gasteiger partial charge in [0.25, 0.3) is 0 Å². The van der Waals surface area contributed by atoms with Gasteiger partial charge < -0.3 is 14.6 Å². The molecule has 2 heterocycles. The molecule has 1 unspecified atom stereocenters. The van der Waals surface area contributed by atoms with Crippen molar-refractivity contribution in [1.82, 2.24) is 9.96 Å². The zero-order valence-electron chi connectivity index (χ0n) is 22.9. The summed E-state index contributed by atoms with van der Waals surface area (Å²) in [5, 5.41) is 25.7. The summed E-state index contributed by atoms with van der Waals surface area (Å²) >= 11 is 11.9. The summed E-state index contributed by atoms with van der Waals surface area (Å²) < 4.78 is 5.00. The van der Waals surface area contributed by atoms with Gasteiger partial charge >= 0.3 is 17.9 Å². The van der Waals surface area contributed by atoms with Gasteiger partial charge in [0.1, 0.15) is 10.7 Å². The number of Topliss-reactive ketones (excluding diaryl/α,β-unsaturated/α-hetero) is 1. The maximum atomic E-state index is 13.7. The van der Waals surface area contributed by atoms with Gasteiger partial charge in [0, 0.05) is 27.6 Å². The molecule has 1 saturated heterocycles. The molecule has 1 aromatic heterocycles. The van der Waals surface area contributed by atoms with Crippen molar-refractivity contribution in [2.75, 3.05) is 23.3 Å². The SMILES string of the molecule is CC1(C)C(N(O)C(=O)Nc2ccc(Cl)cc2)N(c2ccc(Cl)cc2)C(=O)N1CC(=O)CN=CC=Cc1ccc([N+](=O)[O-])o1. The van der Waals surface area contributed by atoms with E-state index in [0.29, 0.717) is 26.5 Å². The molecule has 0 radical (unpaired) electrons. The molecule has 13 nitrogen and oxygen atoms in total. The summed E-state index contributed by atoms with van der Waals surface area (Å²) in [5.74, 6) is -0.595. The lowest BCUT2D eigenvalue weighted by molar-refractivity contribution is -0.402. The van der Waals surface area contributed by atoms with E-state index in [-0.39, 0.29) is 18.8 Å². The van der Waals surface area contributed by atoms with E-state index in [9.17, 15) is 29.7 Å². The molecular weight excluding hydrogens is 603 g/mol. The van der Waals surface area contributed by atoms with Crippen LogP contribution in [0, 0.1) is 10.1 Å². The van der Waals surface area contributed by atoms with Crippen molar-refractivity contribution in [2.45, 2.75) is 25.6 Å². The standard InChI is InChI=1S/C28H26Cl2N6O7/c1-28(2)25(35(40)26(38)32-20-9-5-18(29)6-10-20)34(21-11-7-19(30)8-12-21)27(39)33(28)17-22(37)16-31-15-3-4-23-13-14-24(43-23)36(41)42/h3-15,25,40H,16-17H2,1-2H3,(H,32,38). The molecule has 4 rings (SSSR count). The van der Waals surface area contributed by atoms with Crippen LogP contribution in [-0.4, -0.2) is 68.9 Å². The third kappa shape index (κ3) is 7.20. The molecular formula is C28H26Cl2N6O7. The predicted molar refractivity (Wildman–Crippen MR) is 161 cm³/mol. The topological polar surface area (TPSA) is 162 Å². The van der Waals surface area contributed by atoms with Crippen molar-refractivity contribution in [1.29, 1.82) is 0 Å². The lowest BCUT2D eigenvalue weighted by atomic mass is 9.99. The number of nitro groups is 1. The maximum Gasteiger partial charge on any atom is 0.433 e. The van der Waals surface area contributed by atoms with Crippen LogP contribution in [0.15, 0.2) is 76.1 Å². The quantitative estimate of drug-likeness (QED) is 0.118. The van der Waals surface area contributed by atoms with Gasteiger partial charge in [0.05, 0.1) is 24.7 Å². The second kappa shape index (κ2) is 13.1. The highest BCUT2D eigenvalue weighted by atomic mass is 35.5. The van der Waals surface area contributed by atoms with Crippen LogP contribution in [0.25, 0.3) is 6.08 Å². The Bertz CT molecular complexity index is 1570. The number of nitrogens with one attached hydrogen (secondary N) is 1. The van der Waals surface area contributed by atoms with Gasteiger partial charge in [-0.2, -0.15) is 5.06 Å². The van der Waals surface area contributed by atoms with E-state index >= 15 is 0 Å². The molecule has 15 heteroatoms. The number of hydrogen-bond acceptors (Lipinski definition) is 8. The highest BCUT2D eigenvalue weighted by molar-refractivity contribution is 6.31. The average molecular weight is 629 g/mol. The Morgan fingerprint density at radius 1 is 1.12 bits per heavy atom. The summed E-state index contributed by atoms with van der Waals surface area (Å²) in [6.07, 6.45) is 2.95. The molecule has 2 N–H and O–H groups in total. The molecule has 0 spiro atoms.